The lowest BCUT2D eigenvalue weighted by molar-refractivity contribution is 0.623. The number of aromatic amines is 1. The third-order valence-electron chi connectivity index (χ3n) is 3.20. The first-order chi connectivity index (χ1) is 9.15. The van der Waals surface area contributed by atoms with Gasteiger partial charge in [-0.1, -0.05) is 0 Å². The summed E-state index contributed by atoms with van der Waals surface area (Å²) in [7, 11) is 1.84. The maximum atomic E-state index is 13.2. The normalized spacial score (nSPS) is 13.0. The number of hydrogen-bond acceptors (Lipinski definition) is 3. The molecular formula is C13H14FN5. The quantitative estimate of drug-likeness (QED) is 0.751. The Balaban J connectivity index is 1.98. The third kappa shape index (κ3) is 2.10. The molecule has 0 radical (unpaired) electrons. The first-order valence-electron chi connectivity index (χ1n) is 6.00. The lowest BCUT2D eigenvalue weighted by atomic mass is 10.1. The first kappa shape index (κ1) is 11.9. The molecule has 2 aromatic heterocycles. The van der Waals surface area contributed by atoms with Crippen LogP contribution >= 0.6 is 0 Å². The van der Waals surface area contributed by atoms with Crippen LogP contribution in [0.2, 0.25) is 0 Å². The Labute approximate surface area is 109 Å². The molecule has 0 aliphatic carbocycles. The zero-order valence-corrected chi connectivity index (χ0v) is 10.5. The van der Waals surface area contributed by atoms with Crippen LogP contribution in [0.5, 0.6) is 0 Å². The summed E-state index contributed by atoms with van der Waals surface area (Å²) in [6.07, 6.45) is 3.97. The molecule has 3 rings (SSSR count). The second-order valence-corrected chi connectivity index (χ2v) is 4.55. The van der Waals surface area contributed by atoms with E-state index in [0.717, 1.165) is 22.6 Å². The van der Waals surface area contributed by atoms with E-state index in [9.17, 15) is 4.39 Å². The molecule has 3 aromatic rings. The van der Waals surface area contributed by atoms with Gasteiger partial charge in [-0.2, -0.15) is 0 Å². The maximum absolute atomic E-state index is 13.2. The Morgan fingerprint density at radius 3 is 3.05 bits per heavy atom. The summed E-state index contributed by atoms with van der Waals surface area (Å²) in [5.74, 6) is 0.458. The van der Waals surface area contributed by atoms with Crippen molar-refractivity contribution in [2.24, 2.45) is 12.8 Å². The molecule has 6 heteroatoms. The van der Waals surface area contributed by atoms with E-state index in [2.05, 4.69) is 15.0 Å². The highest BCUT2D eigenvalue weighted by Crippen LogP contribution is 2.21. The fourth-order valence-electron chi connectivity index (χ4n) is 2.24. The van der Waals surface area contributed by atoms with Crippen LogP contribution < -0.4 is 5.73 Å². The molecular weight excluding hydrogens is 245 g/mol. The van der Waals surface area contributed by atoms with Crippen molar-refractivity contribution >= 4 is 11.0 Å². The molecule has 0 fully saturated rings. The van der Waals surface area contributed by atoms with E-state index in [1.807, 2.05) is 11.6 Å². The molecule has 0 aliphatic rings. The number of halogens is 1. The monoisotopic (exact) mass is 259 g/mol. The van der Waals surface area contributed by atoms with E-state index in [1.165, 1.54) is 12.1 Å². The molecule has 0 bridgehead atoms. The summed E-state index contributed by atoms with van der Waals surface area (Å²) in [4.78, 5) is 11.4. The van der Waals surface area contributed by atoms with Gasteiger partial charge < -0.3 is 15.3 Å². The van der Waals surface area contributed by atoms with Crippen molar-refractivity contribution in [1.82, 2.24) is 19.5 Å². The van der Waals surface area contributed by atoms with Gasteiger partial charge in [0.1, 0.15) is 11.6 Å². The highest BCUT2D eigenvalue weighted by molar-refractivity contribution is 5.76. The molecule has 98 valence electrons. The number of aromatic nitrogens is 4. The van der Waals surface area contributed by atoms with Gasteiger partial charge in [0.2, 0.25) is 0 Å². The van der Waals surface area contributed by atoms with Gasteiger partial charge in [0.25, 0.3) is 0 Å². The predicted octanol–water partition coefficient (Wildman–Crippen LogP) is 1.68. The number of nitrogens with zero attached hydrogens (tertiary/aromatic N) is 3. The summed E-state index contributed by atoms with van der Waals surface area (Å²) in [5.41, 5.74) is 8.61. The molecule has 1 aromatic carbocycles. The van der Waals surface area contributed by atoms with Crippen LogP contribution in [0.25, 0.3) is 11.0 Å². The van der Waals surface area contributed by atoms with Crippen molar-refractivity contribution in [2.75, 3.05) is 0 Å². The Hall–Kier alpha value is -2.21. The van der Waals surface area contributed by atoms with Crippen LogP contribution in [0, 0.1) is 5.82 Å². The van der Waals surface area contributed by atoms with Crippen molar-refractivity contribution in [3.05, 3.63) is 48.1 Å². The van der Waals surface area contributed by atoms with E-state index in [0.29, 0.717) is 6.42 Å². The molecule has 19 heavy (non-hydrogen) atoms. The number of imidazole rings is 2. The molecule has 0 aliphatic heterocycles. The Morgan fingerprint density at radius 2 is 2.32 bits per heavy atom. The lowest BCUT2D eigenvalue weighted by Crippen LogP contribution is -2.18. The van der Waals surface area contributed by atoms with E-state index >= 15 is 0 Å². The number of benzene rings is 1. The zero-order chi connectivity index (χ0) is 13.4. The minimum atomic E-state index is -0.274. The number of rotatable bonds is 3. The highest BCUT2D eigenvalue weighted by atomic mass is 19.1. The van der Waals surface area contributed by atoms with E-state index in [4.69, 9.17) is 5.73 Å². The van der Waals surface area contributed by atoms with Crippen LogP contribution in [0.4, 0.5) is 4.39 Å². The number of nitrogens with one attached hydrogen (secondary N) is 1. The van der Waals surface area contributed by atoms with Gasteiger partial charge in [-0.15, -0.1) is 0 Å². The molecule has 2 heterocycles. The third-order valence-corrected chi connectivity index (χ3v) is 3.20. The van der Waals surface area contributed by atoms with Gasteiger partial charge in [0.05, 0.1) is 23.4 Å². The van der Waals surface area contributed by atoms with Crippen molar-refractivity contribution < 1.29 is 4.39 Å². The van der Waals surface area contributed by atoms with Gasteiger partial charge in [-0.3, -0.25) is 0 Å². The van der Waals surface area contributed by atoms with Gasteiger partial charge >= 0.3 is 0 Å². The van der Waals surface area contributed by atoms with Crippen LogP contribution in [-0.4, -0.2) is 19.5 Å². The predicted molar refractivity (Wildman–Crippen MR) is 69.9 cm³/mol. The number of fused-ring (bicyclic) bond motifs is 1. The van der Waals surface area contributed by atoms with E-state index in [-0.39, 0.29) is 11.9 Å². The number of nitrogens with two attached hydrogens (primary N) is 1. The molecule has 0 saturated carbocycles. The van der Waals surface area contributed by atoms with Crippen LogP contribution in [0.15, 0.2) is 30.7 Å². The molecule has 0 spiro atoms. The first-order valence-corrected chi connectivity index (χ1v) is 6.00. The van der Waals surface area contributed by atoms with Gasteiger partial charge in [0.15, 0.2) is 0 Å². The second-order valence-electron chi connectivity index (χ2n) is 4.55. The Kier molecular flexibility index (Phi) is 2.79. The minimum Gasteiger partial charge on any atom is -0.348 e. The lowest BCUT2D eigenvalue weighted by Gasteiger charge is -2.10. The second kappa shape index (κ2) is 4.47. The van der Waals surface area contributed by atoms with Crippen LogP contribution in [-0.2, 0) is 13.5 Å². The maximum Gasteiger partial charge on any atom is 0.127 e. The van der Waals surface area contributed by atoms with Crippen LogP contribution in [0.1, 0.15) is 17.6 Å². The van der Waals surface area contributed by atoms with Gasteiger partial charge in [0, 0.05) is 25.4 Å². The number of H-pyrrole nitrogens is 1. The summed E-state index contributed by atoms with van der Waals surface area (Å²) in [5, 5.41) is 0. The minimum absolute atomic E-state index is 0.263. The summed E-state index contributed by atoms with van der Waals surface area (Å²) in [6.45, 7) is 0. The smallest absolute Gasteiger partial charge is 0.127 e. The molecule has 5 nitrogen and oxygen atoms in total. The van der Waals surface area contributed by atoms with Crippen LogP contribution in [0.3, 0.4) is 0 Å². The summed E-state index contributed by atoms with van der Waals surface area (Å²) >= 11 is 0. The molecule has 1 atom stereocenters. The molecule has 0 amide bonds. The van der Waals surface area contributed by atoms with E-state index < -0.39 is 0 Å². The SMILES string of the molecule is Cn1c(C(N)Cc2cnc[nH]2)nc2ccc(F)cc21. The average molecular weight is 259 g/mol. The fourth-order valence-corrected chi connectivity index (χ4v) is 2.24. The fraction of sp³-hybridized carbons (Fsp3) is 0.231. The largest absolute Gasteiger partial charge is 0.348 e. The molecule has 3 N–H and O–H groups in total. The van der Waals surface area contributed by atoms with Crippen molar-refractivity contribution in [1.29, 1.82) is 0 Å². The standard InChI is InChI=1S/C13H14FN5/c1-19-12-4-8(14)2-3-11(12)18-13(19)10(15)5-9-6-16-7-17-9/h2-4,6-7,10H,5,15H2,1H3,(H,16,17). The highest BCUT2D eigenvalue weighted by Gasteiger charge is 2.16. The number of hydrogen-bond donors (Lipinski definition) is 2. The Morgan fingerprint density at radius 1 is 1.47 bits per heavy atom. The molecule has 0 saturated heterocycles. The van der Waals surface area contributed by atoms with Crippen molar-refractivity contribution in [2.45, 2.75) is 12.5 Å². The average Bonchev–Trinajstić information content (AvgIpc) is 2.98. The van der Waals surface area contributed by atoms with Crippen molar-refractivity contribution in [3.63, 3.8) is 0 Å². The topological polar surface area (TPSA) is 72.5 Å². The Bertz CT molecular complexity index is 701. The summed E-state index contributed by atoms with van der Waals surface area (Å²) < 4.78 is 15.1. The number of aryl methyl sites for hydroxylation is 1. The summed E-state index contributed by atoms with van der Waals surface area (Å²) in [6, 6.07) is 4.27. The van der Waals surface area contributed by atoms with E-state index in [1.54, 1.807) is 18.6 Å². The van der Waals surface area contributed by atoms with Crippen molar-refractivity contribution in [3.8, 4) is 0 Å². The molecule has 1 unspecified atom stereocenters. The van der Waals surface area contributed by atoms with Gasteiger partial charge in [-0.25, -0.2) is 14.4 Å². The van der Waals surface area contributed by atoms with Gasteiger partial charge in [-0.05, 0) is 18.2 Å². The zero-order valence-electron chi connectivity index (χ0n) is 10.5.